The SMILES string of the molecule is Cc1ccc(C(C)(C)c2ccc(OCc3cccc(COc4ccc(C(=N)N)cc4)c3)cc2)cc1. The molecule has 0 saturated carbocycles. The Hall–Kier alpha value is -4.05. The third-order valence-electron chi connectivity index (χ3n) is 6.32. The highest BCUT2D eigenvalue weighted by atomic mass is 16.5. The van der Waals surface area contributed by atoms with Crippen LogP contribution in [0, 0.1) is 12.3 Å². The number of nitrogen functional groups attached to an aromatic ring is 1. The van der Waals surface area contributed by atoms with Gasteiger partial charge in [-0.2, -0.15) is 0 Å². The van der Waals surface area contributed by atoms with Gasteiger partial charge in [-0.15, -0.1) is 0 Å². The predicted molar refractivity (Wildman–Crippen MR) is 142 cm³/mol. The van der Waals surface area contributed by atoms with Crippen molar-refractivity contribution >= 4 is 5.84 Å². The molecule has 0 aliphatic heterocycles. The van der Waals surface area contributed by atoms with Gasteiger partial charge in [0.2, 0.25) is 0 Å². The minimum Gasteiger partial charge on any atom is -0.489 e. The molecule has 178 valence electrons. The van der Waals surface area contributed by atoms with Gasteiger partial charge in [-0.25, -0.2) is 0 Å². The van der Waals surface area contributed by atoms with Crippen LogP contribution in [0.3, 0.4) is 0 Å². The van der Waals surface area contributed by atoms with Crippen molar-refractivity contribution in [3.63, 3.8) is 0 Å². The summed E-state index contributed by atoms with van der Waals surface area (Å²) in [5.74, 6) is 1.64. The molecule has 4 heteroatoms. The summed E-state index contributed by atoms with van der Waals surface area (Å²) in [5, 5.41) is 7.47. The van der Waals surface area contributed by atoms with E-state index in [2.05, 4.69) is 69.3 Å². The fraction of sp³-hybridized carbons (Fsp3) is 0.194. The predicted octanol–water partition coefficient (Wildman–Crippen LogP) is 6.76. The largest absolute Gasteiger partial charge is 0.489 e. The number of benzene rings is 4. The van der Waals surface area contributed by atoms with Crippen LogP contribution in [0.25, 0.3) is 0 Å². The fourth-order valence-corrected chi connectivity index (χ4v) is 3.98. The molecule has 0 aromatic heterocycles. The molecule has 4 aromatic rings. The molecule has 0 amide bonds. The van der Waals surface area contributed by atoms with Gasteiger partial charge in [0.25, 0.3) is 0 Å². The van der Waals surface area contributed by atoms with Crippen LogP contribution in [0.1, 0.15) is 47.2 Å². The molecule has 35 heavy (non-hydrogen) atoms. The first-order valence-electron chi connectivity index (χ1n) is 11.8. The van der Waals surface area contributed by atoms with Gasteiger partial charge in [-0.3, -0.25) is 5.41 Å². The third-order valence-corrected chi connectivity index (χ3v) is 6.32. The Bertz CT molecular complexity index is 1280. The summed E-state index contributed by atoms with van der Waals surface area (Å²) in [6.07, 6.45) is 0. The molecular weight excluding hydrogens is 432 g/mol. The van der Waals surface area contributed by atoms with Gasteiger partial charge in [0.15, 0.2) is 0 Å². The molecule has 4 aromatic carbocycles. The molecule has 0 aliphatic carbocycles. The van der Waals surface area contributed by atoms with Crippen molar-refractivity contribution in [3.8, 4) is 11.5 Å². The van der Waals surface area contributed by atoms with Crippen molar-refractivity contribution in [1.82, 2.24) is 0 Å². The molecule has 0 aliphatic rings. The minimum absolute atomic E-state index is 0.0499. The number of nitrogens with one attached hydrogen (secondary N) is 1. The van der Waals surface area contributed by atoms with E-state index in [1.54, 1.807) is 12.1 Å². The number of aryl methyl sites for hydroxylation is 1. The monoisotopic (exact) mass is 464 g/mol. The van der Waals surface area contributed by atoms with E-state index in [9.17, 15) is 0 Å². The number of nitrogens with two attached hydrogens (primary N) is 1. The van der Waals surface area contributed by atoms with Crippen molar-refractivity contribution in [2.75, 3.05) is 0 Å². The normalized spacial score (nSPS) is 11.2. The van der Waals surface area contributed by atoms with Crippen LogP contribution in [0.2, 0.25) is 0 Å². The molecular formula is C31H32N2O2. The van der Waals surface area contributed by atoms with Crippen molar-refractivity contribution in [3.05, 3.63) is 130 Å². The van der Waals surface area contributed by atoms with Gasteiger partial charge < -0.3 is 15.2 Å². The number of ether oxygens (including phenoxy) is 2. The molecule has 0 unspecified atom stereocenters. The van der Waals surface area contributed by atoms with Crippen molar-refractivity contribution in [1.29, 1.82) is 5.41 Å². The molecule has 3 N–H and O–H groups in total. The molecule has 4 rings (SSSR count). The van der Waals surface area contributed by atoms with Crippen molar-refractivity contribution in [2.45, 2.75) is 39.4 Å². The Labute approximate surface area is 207 Å². The smallest absolute Gasteiger partial charge is 0.122 e. The number of hydrogen-bond donors (Lipinski definition) is 2. The maximum atomic E-state index is 7.47. The van der Waals surface area contributed by atoms with Crippen LogP contribution in [0.4, 0.5) is 0 Å². The van der Waals surface area contributed by atoms with E-state index in [0.29, 0.717) is 18.8 Å². The first kappa shape index (κ1) is 24.1. The summed E-state index contributed by atoms with van der Waals surface area (Å²) in [7, 11) is 0. The van der Waals surface area contributed by atoms with Crippen LogP contribution in [-0.2, 0) is 18.6 Å². The molecule has 4 nitrogen and oxygen atoms in total. The zero-order valence-electron chi connectivity index (χ0n) is 20.5. The van der Waals surface area contributed by atoms with Crippen molar-refractivity contribution in [2.24, 2.45) is 5.73 Å². The second-order valence-electron chi connectivity index (χ2n) is 9.35. The van der Waals surface area contributed by atoms with Gasteiger partial charge in [-0.05, 0) is 71.6 Å². The van der Waals surface area contributed by atoms with E-state index < -0.39 is 0 Å². The van der Waals surface area contributed by atoms with E-state index in [1.165, 1.54) is 16.7 Å². The Morgan fingerprint density at radius 1 is 0.714 bits per heavy atom. The number of amidine groups is 1. The molecule has 0 radical (unpaired) electrons. The van der Waals surface area contributed by atoms with Crippen LogP contribution < -0.4 is 15.2 Å². The quantitative estimate of drug-likeness (QED) is 0.212. The molecule has 0 saturated heterocycles. The molecule has 0 fully saturated rings. The maximum absolute atomic E-state index is 7.47. The Kier molecular flexibility index (Phi) is 7.21. The maximum Gasteiger partial charge on any atom is 0.122 e. The summed E-state index contributed by atoms with van der Waals surface area (Å²) in [6.45, 7) is 7.55. The third kappa shape index (κ3) is 6.10. The second-order valence-corrected chi connectivity index (χ2v) is 9.35. The van der Waals surface area contributed by atoms with Gasteiger partial charge in [0.1, 0.15) is 30.5 Å². The summed E-state index contributed by atoms with van der Waals surface area (Å²) in [6, 6.07) is 32.6. The Morgan fingerprint density at radius 2 is 1.17 bits per heavy atom. The molecule has 0 heterocycles. The van der Waals surface area contributed by atoms with E-state index >= 15 is 0 Å². The zero-order valence-corrected chi connectivity index (χ0v) is 20.5. The average molecular weight is 465 g/mol. The van der Waals surface area contributed by atoms with Gasteiger partial charge in [0.05, 0.1) is 0 Å². The standard InChI is InChI=1S/C31H32N2O2/c1-22-7-11-26(12-8-22)31(2,3)27-13-17-29(18-14-27)35-21-24-6-4-5-23(19-24)20-34-28-15-9-25(10-16-28)30(32)33/h4-19H,20-21H2,1-3H3,(H3,32,33). The van der Waals surface area contributed by atoms with Crippen LogP contribution in [0.15, 0.2) is 97.1 Å². The first-order chi connectivity index (χ1) is 16.8. The lowest BCUT2D eigenvalue weighted by molar-refractivity contribution is 0.300. The van der Waals surface area contributed by atoms with E-state index in [4.69, 9.17) is 20.6 Å². The van der Waals surface area contributed by atoms with Crippen LogP contribution >= 0.6 is 0 Å². The summed E-state index contributed by atoms with van der Waals surface area (Å²) in [4.78, 5) is 0. The minimum atomic E-state index is -0.0764. The van der Waals surface area contributed by atoms with E-state index in [1.807, 2.05) is 36.4 Å². The summed E-state index contributed by atoms with van der Waals surface area (Å²) in [5.41, 5.74) is 12.1. The Balaban J connectivity index is 1.34. The van der Waals surface area contributed by atoms with E-state index in [-0.39, 0.29) is 11.3 Å². The summed E-state index contributed by atoms with van der Waals surface area (Å²) >= 11 is 0. The first-order valence-corrected chi connectivity index (χ1v) is 11.8. The number of rotatable bonds is 9. The zero-order chi connectivity index (χ0) is 24.8. The lowest BCUT2D eigenvalue weighted by atomic mass is 9.78. The lowest BCUT2D eigenvalue weighted by Crippen LogP contribution is -2.18. The van der Waals surface area contributed by atoms with Crippen LogP contribution in [0.5, 0.6) is 11.5 Å². The molecule has 0 atom stereocenters. The highest BCUT2D eigenvalue weighted by Gasteiger charge is 2.22. The molecule has 0 bridgehead atoms. The average Bonchev–Trinajstić information content (AvgIpc) is 2.87. The topological polar surface area (TPSA) is 68.3 Å². The van der Waals surface area contributed by atoms with Crippen LogP contribution in [-0.4, -0.2) is 5.84 Å². The van der Waals surface area contributed by atoms with Crippen molar-refractivity contribution < 1.29 is 9.47 Å². The Morgan fingerprint density at radius 3 is 1.66 bits per heavy atom. The van der Waals surface area contributed by atoms with Gasteiger partial charge in [-0.1, -0.05) is 74.0 Å². The lowest BCUT2D eigenvalue weighted by Gasteiger charge is -2.26. The second kappa shape index (κ2) is 10.5. The van der Waals surface area contributed by atoms with Gasteiger partial charge in [0, 0.05) is 11.0 Å². The van der Waals surface area contributed by atoms with E-state index in [0.717, 1.165) is 22.6 Å². The van der Waals surface area contributed by atoms with Gasteiger partial charge >= 0.3 is 0 Å². The number of hydrogen-bond acceptors (Lipinski definition) is 3. The fourth-order valence-electron chi connectivity index (χ4n) is 3.98. The molecule has 0 spiro atoms. The summed E-state index contributed by atoms with van der Waals surface area (Å²) < 4.78 is 11.9. The highest BCUT2D eigenvalue weighted by molar-refractivity contribution is 5.94. The highest BCUT2D eigenvalue weighted by Crippen LogP contribution is 2.32.